The lowest BCUT2D eigenvalue weighted by atomic mass is 9.99. The van der Waals surface area contributed by atoms with Crippen molar-refractivity contribution in [3.8, 4) is 11.5 Å². The van der Waals surface area contributed by atoms with Gasteiger partial charge in [-0.25, -0.2) is 10.3 Å². The molecule has 0 saturated carbocycles. The zero-order chi connectivity index (χ0) is 26.3. The molecule has 4 N–H and O–H groups in total. The highest BCUT2D eigenvalue weighted by atomic mass is 16.6. The van der Waals surface area contributed by atoms with Crippen LogP contribution in [0, 0.1) is 0 Å². The lowest BCUT2D eigenvalue weighted by Crippen LogP contribution is -2.31. The molecule has 9 heteroatoms. The Morgan fingerprint density at radius 1 is 0.919 bits per heavy atom. The Kier molecular flexibility index (Phi) is 11.0. The van der Waals surface area contributed by atoms with Gasteiger partial charge in [0.2, 0.25) is 0 Å². The summed E-state index contributed by atoms with van der Waals surface area (Å²) in [5.41, 5.74) is 2.66. The van der Waals surface area contributed by atoms with Gasteiger partial charge in [-0.3, -0.25) is 15.3 Å². The molecule has 0 aliphatic heterocycles. The van der Waals surface area contributed by atoms with E-state index in [1.165, 1.54) is 6.08 Å². The van der Waals surface area contributed by atoms with E-state index in [0.717, 1.165) is 0 Å². The number of benzene rings is 3. The van der Waals surface area contributed by atoms with Crippen LogP contribution in [0.5, 0.6) is 11.5 Å². The summed E-state index contributed by atoms with van der Waals surface area (Å²) >= 11 is 0. The summed E-state index contributed by atoms with van der Waals surface area (Å²) in [7, 11) is 0. The number of para-hydroxylation sites is 3. The van der Waals surface area contributed by atoms with Gasteiger partial charge in [-0.15, -0.1) is 0 Å². The Bertz CT molecular complexity index is 1140. The summed E-state index contributed by atoms with van der Waals surface area (Å²) in [6, 6.07) is 25.1. The van der Waals surface area contributed by atoms with Crippen LogP contribution >= 0.6 is 0 Å². The van der Waals surface area contributed by atoms with Gasteiger partial charge in [0.25, 0.3) is 5.91 Å². The molecule has 2 atom stereocenters. The standard InChI is InChI=1S/C28H30N2O7/c31-19-20-35-24-16-8-7-15-23(24)27(37-28(33)29-21-11-3-1-4-12-21)25(17-9-10-18-26(32)30-34)36-22-13-5-2-6-14-22/h1-8,10-16,18,25,27,31,34H,9,17,19-20H2,(H,29,33)(H,30,32)/b18-10+/t25-,27-/m0/s1. The number of allylic oxidation sites excluding steroid dienone is 1. The molecule has 0 aromatic heterocycles. The summed E-state index contributed by atoms with van der Waals surface area (Å²) in [5.74, 6) is 0.347. The molecule has 0 spiro atoms. The van der Waals surface area contributed by atoms with Crippen LogP contribution in [0.25, 0.3) is 0 Å². The predicted molar refractivity (Wildman–Crippen MR) is 137 cm³/mol. The first-order valence-corrected chi connectivity index (χ1v) is 11.8. The van der Waals surface area contributed by atoms with E-state index in [9.17, 15) is 14.7 Å². The third-order valence-corrected chi connectivity index (χ3v) is 5.19. The molecular formula is C28H30N2O7. The number of carbonyl (C=O) groups is 2. The number of nitrogens with one attached hydrogen (secondary N) is 2. The zero-order valence-electron chi connectivity index (χ0n) is 20.2. The molecule has 0 aliphatic rings. The third-order valence-electron chi connectivity index (χ3n) is 5.19. The zero-order valence-corrected chi connectivity index (χ0v) is 20.2. The number of ether oxygens (including phenoxy) is 3. The molecule has 0 unspecified atom stereocenters. The van der Waals surface area contributed by atoms with Crippen LogP contribution < -0.4 is 20.3 Å². The number of hydrogen-bond donors (Lipinski definition) is 4. The first-order chi connectivity index (χ1) is 18.1. The Balaban J connectivity index is 1.93. The number of hydroxylamine groups is 1. The number of aliphatic hydroxyl groups excluding tert-OH is 1. The fraction of sp³-hybridized carbons (Fsp3) is 0.214. The summed E-state index contributed by atoms with van der Waals surface area (Å²) < 4.78 is 17.9. The Labute approximate surface area is 215 Å². The molecule has 3 rings (SSSR count). The summed E-state index contributed by atoms with van der Waals surface area (Å²) in [4.78, 5) is 24.3. The maximum Gasteiger partial charge on any atom is 0.412 e. The van der Waals surface area contributed by atoms with Gasteiger partial charge in [-0.1, -0.05) is 60.7 Å². The van der Waals surface area contributed by atoms with E-state index in [0.29, 0.717) is 35.6 Å². The Hall–Kier alpha value is -4.34. The number of rotatable bonds is 13. The van der Waals surface area contributed by atoms with Crippen molar-refractivity contribution in [1.82, 2.24) is 5.48 Å². The average molecular weight is 507 g/mol. The van der Waals surface area contributed by atoms with Crippen LogP contribution in [0.3, 0.4) is 0 Å². The van der Waals surface area contributed by atoms with E-state index >= 15 is 0 Å². The lowest BCUT2D eigenvalue weighted by Gasteiger charge is -2.29. The van der Waals surface area contributed by atoms with Crippen molar-refractivity contribution in [2.75, 3.05) is 18.5 Å². The molecule has 194 valence electrons. The minimum atomic E-state index is -0.918. The minimum Gasteiger partial charge on any atom is -0.491 e. The quantitative estimate of drug-likeness (QED) is 0.151. The predicted octanol–water partition coefficient (Wildman–Crippen LogP) is 4.64. The van der Waals surface area contributed by atoms with Gasteiger partial charge >= 0.3 is 6.09 Å². The van der Waals surface area contributed by atoms with Gasteiger partial charge in [-0.05, 0) is 43.2 Å². The molecule has 0 saturated heterocycles. The van der Waals surface area contributed by atoms with Crippen molar-refractivity contribution in [1.29, 1.82) is 0 Å². The molecule has 0 aliphatic carbocycles. The van der Waals surface area contributed by atoms with Gasteiger partial charge in [-0.2, -0.15) is 0 Å². The molecule has 0 bridgehead atoms. The van der Waals surface area contributed by atoms with E-state index in [2.05, 4.69) is 5.32 Å². The van der Waals surface area contributed by atoms with Crippen LogP contribution in [0.15, 0.2) is 97.1 Å². The number of hydrogen-bond acceptors (Lipinski definition) is 7. The first kappa shape index (κ1) is 27.3. The van der Waals surface area contributed by atoms with Crippen molar-refractivity contribution in [3.63, 3.8) is 0 Å². The van der Waals surface area contributed by atoms with E-state index in [4.69, 9.17) is 19.4 Å². The summed E-state index contributed by atoms with van der Waals surface area (Å²) in [6.07, 6.45) is 1.22. The smallest absolute Gasteiger partial charge is 0.412 e. The maximum absolute atomic E-state index is 13.0. The Morgan fingerprint density at radius 2 is 1.59 bits per heavy atom. The van der Waals surface area contributed by atoms with Gasteiger partial charge in [0.15, 0.2) is 6.10 Å². The maximum atomic E-state index is 13.0. The van der Waals surface area contributed by atoms with E-state index in [-0.39, 0.29) is 13.2 Å². The highest BCUT2D eigenvalue weighted by Gasteiger charge is 2.31. The lowest BCUT2D eigenvalue weighted by molar-refractivity contribution is -0.124. The second-order valence-electron chi connectivity index (χ2n) is 7.85. The molecule has 37 heavy (non-hydrogen) atoms. The molecular weight excluding hydrogens is 476 g/mol. The van der Waals surface area contributed by atoms with Crippen LogP contribution in [0.1, 0.15) is 24.5 Å². The SMILES string of the molecule is O=C(/C=C/CC[C@H](Oc1ccccc1)[C@@H](OC(=O)Nc1ccccc1)c1ccccc1OCCO)NO. The highest BCUT2D eigenvalue weighted by molar-refractivity contribution is 5.86. The third kappa shape index (κ3) is 8.99. The van der Waals surface area contributed by atoms with Crippen LogP contribution in [0.4, 0.5) is 10.5 Å². The second-order valence-corrected chi connectivity index (χ2v) is 7.85. The van der Waals surface area contributed by atoms with Crippen molar-refractivity contribution >= 4 is 17.7 Å². The van der Waals surface area contributed by atoms with Gasteiger partial charge in [0, 0.05) is 17.3 Å². The number of anilines is 1. The fourth-order valence-electron chi connectivity index (χ4n) is 3.56. The van der Waals surface area contributed by atoms with E-state index < -0.39 is 24.2 Å². The first-order valence-electron chi connectivity index (χ1n) is 11.8. The van der Waals surface area contributed by atoms with Crippen molar-refractivity contribution in [2.24, 2.45) is 0 Å². The molecule has 9 nitrogen and oxygen atoms in total. The molecule has 3 aromatic rings. The van der Waals surface area contributed by atoms with Crippen molar-refractivity contribution in [3.05, 3.63) is 103 Å². The topological polar surface area (TPSA) is 126 Å². The molecule has 2 amide bonds. The van der Waals surface area contributed by atoms with Crippen LogP contribution in [0.2, 0.25) is 0 Å². The monoisotopic (exact) mass is 506 g/mol. The average Bonchev–Trinajstić information content (AvgIpc) is 2.93. The fourth-order valence-corrected chi connectivity index (χ4v) is 3.56. The molecule has 0 radical (unpaired) electrons. The van der Waals surface area contributed by atoms with Gasteiger partial charge < -0.3 is 19.3 Å². The summed E-state index contributed by atoms with van der Waals surface area (Å²) in [5, 5.41) is 20.7. The number of amides is 2. The normalized spacial score (nSPS) is 12.4. The minimum absolute atomic E-state index is 0.0587. The molecule has 0 heterocycles. The van der Waals surface area contributed by atoms with Crippen molar-refractivity contribution < 1.29 is 34.1 Å². The van der Waals surface area contributed by atoms with Gasteiger partial charge in [0.1, 0.15) is 24.2 Å². The second kappa shape index (κ2) is 14.9. The van der Waals surface area contributed by atoms with E-state index in [1.54, 1.807) is 72.2 Å². The van der Waals surface area contributed by atoms with Crippen molar-refractivity contribution in [2.45, 2.75) is 25.0 Å². The number of aliphatic hydroxyl groups is 1. The molecule has 3 aromatic carbocycles. The Morgan fingerprint density at radius 3 is 2.30 bits per heavy atom. The largest absolute Gasteiger partial charge is 0.491 e. The van der Waals surface area contributed by atoms with E-state index in [1.807, 2.05) is 24.3 Å². The van der Waals surface area contributed by atoms with Gasteiger partial charge in [0.05, 0.1) is 6.61 Å². The highest BCUT2D eigenvalue weighted by Crippen LogP contribution is 2.34. The number of carbonyl (C=O) groups excluding carboxylic acids is 2. The molecule has 0 fully saturated rings. The summed E-state index contributed by atoms with van der Waals surface area (Å²) in [6.45, 7) is -0.126. The van der Waals surface area contributed by atoms with Crippen LogP contribution in [-0.2, 0) is 9.53 Å². The van der Waals surface area contributed by atoms with Crippen LogP contribution in [-0.4, -0.2) is 41.6 Å².